The highest BCUT2D eigenvalue weighted by Crippen LogP contribution is 2.13. The highest BCUT2D eigenvalue weighted by atomic mass is 15.1. The molecule has 0 saturated carbocycles. The smallest absolute Gasteiger partial charge is 0.103 e. The predicted molar refractivity (Wildman–Crippen MR) is 83.1 cm³/mol. The van der Waals surface area contributed by atoms with Crippen LogP contribution >= 0.6 is 0 Å². The van der Waals surface area contributed by atoms with Gasteiger partial charge in [0, 0.05) is 6.54 Å². The molecule has 0 aliphatic carbocycles. The number of nitriles is 1. The molecule has 0 aromatic carbocycles. The monoisotopic (exact) mass is 267 g/mol. The van der Waals surface area contributed by atoms with Gasteiger partial charge in [-0.25, -0.2) is 0 Å². The lowest BCUT2D eigenvalue weighted by Crippen LogP contribution is -2.40. The Kier molecular flexibility index (Phi) is 9.91. The topological polar surface area (TPSA) is 39.1 Å². The summed E-state index contributed by atoms with van der Waals surface area (Å²) in [5, 5.41) is 12.5. The predicted octanol–water partition coefficient (Wildman–Crippen LogP) is 3.42. The Balaban J connectivity index is 3.91. The summed E-state index contributed by atoms with van der Waals surface area (Å²) in [6.07, 6.45) is 4.50. The summed E-state index contributed by atoms with van der Waals surface area (Å²) in [4.78, 5) is 2.53. The van der Waals surface area contributed by atoms with Crippen LogP contribution in [-0.2, 0) is 0 Å². The molecule has 3 nitrogen and oxygen atoms in total. The molecule has 0 fully saturated rings. The van der Waals surface area contributed by atoms with Crippen LogP contribution in [0.3, 0.4) is 0 Å². The van der Waals surface area contributed by atoms with Crippen LogP contribution in [0.25, 0.3) is 0 Å². The summed E-state index contributed by atoms with van der Waals surface area (Å²) in [7, 11) is 0. The SMILES string of the molecule is CCNC(C)(C#N)CCCCN(CC)CC(C)CC. The summed E-state index contributed by atoms with van der Waals surface area (Å²) in [6.45, 7) is 15.2. The Morgan fingerprint density at radius 3 is 2.42 bits per heavy atom. The minimum atomic E-state index is -0.345. The maximum Gasteiger partial charge on any atom is 0.103 e. The van der Waals surface area contributed by atoms with Gasteiger partial charge >= 0.3 is 0 Å². The van der Waals surface area contributed by atoms with Gasteiger partial charge in [0.05, 0.1) is 6.07 Å². The third kappa shape index (κ3) is 8.23. The molecule has 0 aromatic heterocycles. The summed E-state index contributed by atoms with van der Waals surface area (Å²) in [5.41, 5.74) is -0.345. The van der Waals surface area contributed by atoms with Crippen LogP contribution in [0.2, 0.25) is 0 Å². The van der Waals surface area contributed by atoms with E-state index in [9.17, 15) is 5.26 Å². The molecule has 0 heterocycles. The van der Waals surface area contributed by atoms with E-state index in [4.69, 9.17) is 0 Å². The standard InChI is InChI=1S/C16H33N3/c1-6-15(4)13-19(8-3)12-10-9-11-16(5,14-17)18-7-2/h15,18H,6-13H2,1-5H3. The van der Waals surface area contributed by atoms with Crippen molar-refractivity contribution < 1.29 is 0 Å². The Morgan fingerprint density at radius 1 is 1.26 bits per heavy atom. The first-order valence-corrected chi connectivity index (χ1v) is 7.89. The van der Waals surface area contributed by atoms with Crippen molar-refractivity contribution in [2.24, 2.45) is 5.92 Å². The van der Waals surface area contributed by atoms with Crippen LogP contribution in [0.5, 0.6) is 0 Å². The first-order valence-electron chi connectivity index (χ1n) is 7.89. The van der Waals surface area contributed by atoms with Gasteiger partial charge < -0.3 is 4.90 Å². The van der Waals surface area contributed by atoms with Crippen molar-refractivity contribution in [3.63, 3.8) is 0 Å². The number of unbranched alkanes of at least 4 members (excludes halogenated alkanes) is 1. The van der Waals surface area contributed by atoms with Gasteiger partial charge in [-0.15, -0.1) is 0 Å². The summed E-state index contributed by atoms with van der Waals surface area (Å²) >= 11 is 0. The van der Waals surface area contributed by atoms with Gasteiger partial charge in [0.15, 0.2) is 0 Å². The number of nitrogens with zero attached hydrogens (tertiary/aromatic N) is 2. The molecule has 19 heavy (non-hydrogen) atoms. The second-order valence-electron chi connectivity index (χ2n) is 5.84. The molecule has 0 aliphatic heterocycles. The molecule has 1 N–H and O–H groups in total. The normalized spacial score (nSPS) is 16.1. The maximum atomic E-state index is 9.20. The molecule has 0 aromatic rings. The quantitative estimate of drug-likeness (QED) is 0.583. The van der Waals surface area contributed by atoms with Crippen molar-refractivity contribution in [2.75, 3.05) is 26.2 Å². The third-order valence-corrected chi connectivity index (χ3v) is 3.93. The zero-order valence-electron chi connectivity index (χ0n) is 13.6. The summed E-state index contributed by atoms with van der Waals surface area (Å²) in [5.74, 6) is 0.783. The molecule has 112 valence electrons. The molecule has 0 spiro atoms. The van der Waals surface area contributed by atoms with Crippen LogP contribution in [0, 0.1) is 17.2 Å². The molecule has 0 saturated heterocycles. The average Bonchev–Trinajstić information content (AvgIpc) is 2.42. The van der Waals surface area contributed by atoms with Gasteiger partial charge in [-0.2, -0.15) is 5.26 Å². The van der Waals surface area contributed by atoms with E-state index in [0.717, 1.165) is 38.4 Å². The van der Waals surface area contributed by atoms with Crippen molar-refractivity contribution in [2.45, 2.75) is 65.8 Å². The Hall–Kier alpha value is -0.590. The van der Waals surface area contributed by atoms with Crippen molar-refractivity contribution >= 4 is 0 Å². The van der Waals surface area contributed by atoms with E-state index >= 15 is 0 Å². The molecule has 3 heteroatoms. The molecule has 2 atom stereocenters. The van der Waals surface area contributed by atoms with Gasteiger partial charge in [0.25, 0.3) is 0 Å². The van der Waals surface area contributed by atoms with Crippen LogP contribution in [0.4, 0.5) is 0 Å². The van der Waals surface area contributed by atoms with Crippen LogP contribution < -0.4 is 5.32 Å². The Morgan fingerprint density at radius 2 is 1.95 bits per heavy atom. The lowest BCUT2D eigenvalue weighted by molar-refractivity contribution is 0.238. The van der Waals surface area contributed by atoms with Crippen molar-refractivity contribution in [3.05, 3.63) is 0 Å². The van der Waals surface area contributed by atoms with Gasteiger partial charge in [-0.1, -0.05) is 34.1 Å². The largest absolute Gasteiger partial charge is 0.303 e. The number of rotatable bonds is 11. The fourth-order valence-corrected chi connectivity index (χ4v) is 2.34. The van der Waals surface area contributed by atoms with E-state index in [1.54, 1.807) is 0 Å². The minimum absolute atomic E-state index is 0.345. The van der Waals surface area contributed by atoms with Crippen molar-refractivity contribution in [1.29, 1.82) is 5.26 Å². The second-order valence-corrected chi connectivity index (χ2v) is 5.84. The van der Waals surface area contributed by atoms with Gasteiger partial charge in [-0.3, -0.25) is 5.32 Å². The van der Waals surface area contributed by atoms with E-state index in [2.05, 4.69) is 44.0 Å². The van der Waals surface area contributed by atoms with E-state index < -0.39 is 0 Å². The Labute approximate surface area is 120 Å². The van der Waals surface area contributed by atoms with E-state index in [-0.39, 0.29) is 5.54 Å². The van der Waals surface area contributed by atoms with Crippen LogP contribution in [0.15, 0.2) is 0 Å². The molecule has 0 aliphatic rings. The number of hydrogen-bond acceptors (Lipinski definition) is 3. The lowest BCUT2D eigenvalue weighted by atomic mass is 9.96. The molecule has 0 amide bonds. The van der Waals surface area contributed by atoms with Crippen molar-refractivity contribution in [1.82, 2.24) is 10.2 Å². The van der Waals surface area contributed by atoms with Gasteiger partial charge in [0.2, 0.25) is 0 Å². The van der Waals surface area contributed by atoms with Gasteiger partial charge in [0.1, 0.15) is 5.54 Å². The third-order valence-electron chi connectivity index (χ3n) is 3.93. The van der Waals surface area contributed by atoms with Crippen molar-refractivity contribution in [3.8, 4) is 6.07 Å². The number of nitrogens with one attached hydrogen (secondary N) is 1. The van der Waals surface area contributed by atoms with E-state index in [0.29, 0.717) is 0 Å². The first kappa shape index (κ1) is 18.4. The highest BCUT2D eigenvalue weighted by Gasteiger charge is 2.21. The van der Waals surface area contributed by atoms with Crippen LogP contribution in [0.1, 0.15) is 60.3 Å². The van der Waals surface area contributed by atoms with E-state index in [1.165, 1.54) is 19.4 Å². The lowest BCUT2D eigenvalue weighted by Gasteiger charge is -2.25. The molecule has 2 unspecified atom stereocenters. The molecule has 0 bridgehead atoms. The molecule has 0 rings (SSSR count). The highest BCUT2D eigenvalue weighted by molar-refractivity contribution is 5.03. The van der Waals surface area contributed by atoms with Gasteiger partial charge in [-0.05, 0) is 51.7 Å². The summed E-state index contributed by atoms with van der Waals surface area (Å²) < 4.78 is 0. The van der Waals surface area contributed by atoms with E-state index in [1.807, 2.05) is 6.92 Å². The number of hydrogen-bond donors (Lipinski definition) is 1. The Bertz CT molecular complexity index is 259. The summed E-state index contributed by atoms with van der Waals surface area (Å²) in [6, 6.07) is 2.40. The zero-order chi connectivity index (χ0) is 14.7. The first-order chi connectivity index (χ1) is 9.01. The second kappa shape index (κ2) is 10.2. The molecule has 0 radical (unpaired) electrons. The molecular weight excluding hydrogens is 234 g/mol. The fraction of sp³-hybridized carbons (Fsp3) is 0.938. The van der Waals surface area contributed by atoms with Crippen LogP contribution in [-0.4, -0.2) is 36.6 Å². The average molecular weight is 267 g/mol. The zero-order valence-corrected chi connectivity index (χ0v) is 13.6. The minimum Gasteiger partial charge on any atom is -0.303 e. The molecular formula is C16H33N3. The fourth-order valence-electron chi connectivity index (χ4n) is 2.34. The maximum absolute atomic E-state index is 9.20.